The molecule has 0 unspecified atom stereocenters. The molecule has 0 spiro atoms. The molecule has 17 heavy (non-hydrogen) atoms. The number of aromatic nitrogens is 2. The van der Waals surface area contributed by atoms with E-state index in [9.17, 15) is 9.60 Å². The Balaban J connectivity index is 2.56. The maximum Gasteiger partial charge on any atom is 0.247 e. The number of hydrogen-bond donors (Lipinski definition) is 0. The third-order valence-corrected chi connectivity index (χ3v) is 2.85. The number of hydrogen-bond acceptors (Lipinski definition) is 1. The molecule has 2 rings (SSSR count). The Morgan fingerprint density at radius 3 is 2.29 bits per heavy atom. The number of nitrogens with zero attached hydrogens (tertiary/aromatic N) is 2. The van der Waals surface area contributed by atoms with Gasteiger partial charge in [0.25, 0.3) is 0 Å². The molecule has 1 heterocycles. The molecule has 90 valence electrons. The first kappa shape index (κ1) is 11.6. The van der Waals surface area contributed by atoms with Crippen LogP contribution in [0.2, 0.25) is 0 Å². The molecule has 0 aliphatic rings. The predicted molar refractivity (Wildman–Crippen MR) is 63.9 cm³/mol. The van der Waals surface area contributed by atoms with Crippen molar-refractivity contribution in [3.8, 4) is 11.3 Å². The highest BCUT2D eigenvalue weighted by Gasteiger charge is 2.19. The van der Waals surface area contributed by atoms with E-state index < -0.39 is 0 Å². The highest BCUT2D eigenvalue weighted by molar-refractivity contribution is 5.58. The maximum absolute atomic E-state index is 12.8. The van der Waals surface area contributed by atoms with Gasteiger partial charge < -0.3 is 5.21 Å². The minimum atomic E-state index is -0.299. The summed E-state index contributed by atoms with van der Waals surface area (Å²) in [6.45, 7) is 5.93. The first-order valence-electron chi connectivity index (χ1n) is 5.57. The van der Waals surface area contributed by atoms with Crippen molar-refractivity contribution in [1.82, 2.24) is 4.57 Å². The molecule has 0 saturated carbocycles. The molecule has 4 heteroatoms. The summed E-state index contributed by atoms with van der Waals surface area (Å²) in [5.41, 5.74) is 2.21. The van der Waals surface area contributed by atoms with Crippen LogP contribution in [-0.2, 0) is 0 Å². The van der Waals surface area contributed by atoms with E-state index in [4.69, 9.17) is 0 Å². The average molecular weight is 234 g/mol. The van der Waals surface area contributed by atoms with E-state index in [2.05, 4.69) is 0 Å². The van der Waals surface area contributed by atoms with Crippen molar-refractivity contribution < 1.29 is 9.12 Å². The average Bonchev–Trinajstić information content (AvgIpc) is 2.56. The van der Waals surface area contributed by atoms with Crippen molar-refractivity contribution >= 4 is 0 Å². The molecule has 0 fully saturated rings. The van der Waals surface area contributed by atoms with Gasteiger partial charge in [-0.05, 0) is 38.1 Å². The van der Waals surface area contributed by atoms with Gasteiger partial charge in [-0.15, -0.1) is 0 Å². The van der Waals surface area contributed by atoms with E-state index in [1.807, 2.05) is 25.3 Å². The molecule has 0 radical (unpaired) electrons. The monoisotopic (exact) mass is 234 g/mol. The molecule has 1 aromatic carbocycles. The highest BCUT2D eigenvalue weighted by atomic mass is 19.1. The number of halogens is 1. The fraction of sp³-hybridized carbons (Fsp3) is 0.308. The molecule has 0 bridgehead atoms. The summed E-state index contributed by atoms with van der Waals surface area (Å²) in [4.78, 5) is 0. The summed E-state index contributed by atoms with van der Waals surface area (Å²) in [7, 11) is 0. The van der Waals surface area contributed by atoms with Crippen molar-refractivity contribution in [3.63, 3.8) is 0 Å². The smallest absolute Gasteiger partial charge is 0.247 e. The van der Waals surface area contributed by atoms with Crippen LogP contribution >= 0.6 is 0 Å². The molecular weight excluding hydrogens is 219 g/mol. The standard InChI is InChI=1S/C13H15FN2O/c1-9(2)15-8-16(17)13(10(15)3)11-4-6-12(14)7-5-11/h4-9H,1-3H3. The molecule has 0 aliphatic heterocycles. The van der Waals surface area contributed by atoms with Crippen LogP contribution in [0, 0.1) is 17.9 Å². The van der Waals surface area contributed by atoms with Gasteiger partial charge in [0.05, 0.1) is 6.04 Å². The van der Waals surface area contributed by atoms with E-state index in [0.717, 1.165) is 16.0 Å². The van der Waals surface area contributed by atoms with Crippen LogP contribution < -0.4 is 4.73 Å². The van der Waals surface area contributed by atoms with Gasteiger partial charge >= 0.3 is 0 Å². The normalized spacial score (nSPS) is 11.1. The zero-order valence-electron chi connectivity index (χ0n) is 10.1. The van der Waals surface area contributed by atoms with E-state index in [0.29, 0.717) is 5.69 Å². The van der Waals surface area contributed by atoms with Crippen molar-refractivity contribution in [2.45, 2.75) is 26.8 Å². The second-order valence-corrected chi connectivity index (χ2v) is 4.38. The van der Waals surface area contributed by atoms with Gasteiger partial charge in [0.1, 0.15) is 11.5 Å². The van der Waals surface area contributed by atoms with E-state index in [-0.39, 0.29) is 11.9 Å². The lowest BCUT2D eigenvalue weighted by Gasteiger charge is -2.03. The van der Waals surface area contributed by atoms with Gasteiger partial charge in [-0.3, -0.25) is 0 Å². The zero-order valence-corrected chi connectivity index (χ0v) is 10.1. The predicted octanol–water partition coefficient (Wildman–Crippen LogP) is 2.82. The van der Waals surface area contributed by atoms with Crippen LogP contribution in [0.1, 0.15) is 25.6 Å². The second kappa shape index (κ2) is 4.20. The first-order chi connectivity index (χ1) is 8.00. The fourth-order valence-corrected chi connectivity index (χ4v) is 2.00. The Labute approximate surface area is 99.7 Å². The minimum Gasteiger partial charge on any atom is -0.710 e. The molecule has 0 atom stereocenters. The van der Waals surface area contributed by atoms with Crippen molar-refractivity contribution in [3.05, 3.63) is 47.3 Å². The third kappa shape index (κ3) is 2.02. The molecule has 0 amide bonds. The van der Waals surface area contributed by atoms with Gasteiger partial charge in [-0.25, -0.2) is 13.7 Å². The molecule has 3 nitrogen and oxygen atoms in total. The van der Waals surface area contributed by atoms with Crippen LogP contribution in [0.4, 0.5) is 4.39 Å². The largest absolute Gasteiger partial charge is 0.710 e. The molecule has 0 saturated heterocycles. The van der Waals surface area contributed by atoms with Crippen LogP contribution in [-0.4, -0.2) is 4.57 Å². The summed E-state index contributed by atoms with van der Waals surface area (Å²) >= 11 is 0. The lowest BCUT2D eigenvalue weighted by Crippen LogP contribution is -2.25. The van der Waals surface area contributed by atoms with Crippen molar-refractivity contribution in [2.24, 2.45) is 0 Å². The van der Waals surface area contributed by atoms with Crippen LogP contribution in [0.3, 0.4) is 0 Å². The van der Waals surface area contributed by atoms with Crippen LogP contribution in [0.15, 0.2) is 30.6 Å². The maximum atomic E-state index is 12.8. The van der Waals surface area contributed by atoms with Gasteiger partial charge in [0.2, 0.25) is 6.33 Å². The number of benzene rings is 1. The Hall–Kier alpha value is -1.84. The van der Waals surface area contributed by atoms with Crippen molar-refractivity contribution in [2.75, 3.05) is 0 Å². The highest BCUT2D eigenvalue weighted by Crippen LogP contribution is 2.22. The van der Waals surface area contributed by atoms with Gasteiger partial charge in [0, 0.05) is 12.5 Å². The number of rotatable bonds is 2. The van der Waals surface area contributed by atoms with E-state index >= 15 is 0 Å². The summed E-state index contributed by atoms with van der Waals surface area (Å²) in [6.07, 6.45) is 1.53. The summed E-state index contributed by atoms with van der Waals surface area (Å²) in [5, 5.41) is 11.9. The molecule has 0 aliphatic carbocycles. The Morgan fingerprint density at radius 1 is 1.24 bits per heavy atom. The molecule has 0 N–H and O–H groups in total. The van der Waals surface area contributed by atoms with Gasteiger partial charge in [-0.2, -0.15) is 0 Å². The molecule has 2 aromatic rings. The lowest BCUT2D eigenvalue weighted by atomic mass is 10.1. The number of imidazole rings is 1. The topological polar surface area (TPSA) is 31.9 Å². The molecular formula is C13H15FN2O. The molecule has 1 aromatic heterocycles. The summed E-state index contributed by atoms with van der Waals surface area (Å²) < 4.78 is 15.6. The van der Waals surface area contributed by atoms with Gasteiger partial charge in [-0.1, -0.05) is 0 Å². The van der Waals surface area contributed by atoms with E-state index in [1.165, 1.54) is 18.5 Å². The second-order valence-electron chi connectivity index (χ2n) is 4.38. The summed E-state index contributed by atoms with van der Waals surface area (Å²) in [6, 6.07) is 6.19. The quantitative estimate of drug-likeness (QED) is 0.580. The van der Waals surface area contributed by atoms with E-state index in [1.54, 1.807) is 12.1 Å². The third-order valence-electron chi connectivity index (χ3n) is 2.85. The fourth-order valence-electron chi connectivity index (χ4n) is 2.00. The zero-order chi connectivity index (χ0) is 12.6. The van der Waals surface area contributed by atoms with Crippen LogP contribution in [0.25, 0.3) is 11.3 Å². The van der Waals surface area contributed by atoms with Crippen molar-refractivity contribution in [1.29, 1.82) is 0 Å². The van der Waals surface area contributed by atoms with Crippen LogP contribution in [0.5, 0.6) is 0 Å². The first-order valence-corrected chi connectivity index (χ1v) is 5.57. The Bertz CT molecular complexity index is 529. The Kier molecular flexibility index (Phi) is 2.88. The lowest BCUT2D eigenvalue weighted by molar-refractivity contribution is -0.593. The summed E-state index contributed by atoms with van der Waals surface area (Å²) in [5.74, 6) is -0.299. The minimum absolute atomic E-state index is 0.226. The SMILES string of the molecule is Cc1c(-c2ccc(F)cc2)[n+]([O-])cn1C(C)C. The van der Waals surface area contributed by atoms with Gasteiger partial charge in [0.15, 0.2) is 5.69 Å². The Morgan fingerprint density at radius 2 is 1.82 bits per heavy atom.